The molecule has 0 aromatic heterocycles. The van der Waals surface area contributed by atoms with E-state index in [4.69, 9.17) is 10.5 Å². The van der Waals surface area contributed by atoms with Gasteiger partial charge in [-0.2, -0.15) is 0 Å². The van der Waals surface area contributed by atoms with E-state index in [9.17, 15) is 0 Å². The Kier molecular flexibility index (Phi) is 4.45. The van der Waals surface area contributed by atoms with Crippen LogP contribution in [0.25, 0.3) is 0 Å². The van der Waals surface area contributed by atoms with Crippen LogP contribution in [0.5, 0.6) is 0 Å². The van der Waals surface area contributed by atoms with E-state index in [-0.39, 0.29) is 0 Å². The van der Waals surface area contributed by atoms with Crippen LogP contribution in [0.15, 0.2) is 0 Å². The van der Waals surface area contributed by atoms with E-state index in [2.05, 4.69) is 18.7 Å². The first-order valence-electron chi connectivity index (χ1n) is 7.25. The molecule has 2 rings (SSSR count). The van der Waals surface area contributed by atoms with E-state index >= 15 is 0 Å². The monoisotopic (exact) mass is 240 g/mol. The van der Waals surface area contributed by atoms with Crippen molar-refractivity contribution in [1.29, 1.82) is 0 Å². The van der Waals surface area contributed by atoms with Crippen molar-refractivity contribution in [3.63, 3.8) is 0 Å². The predicted molar refractivity (Wildman–Crippen MR) is 71.0 cm³/mol. The highest BCUT2D eigenvalue weighted by Crippen LogP contribution is 2.37. The molecule has 0 aromatic rings. The molecule has 2 atom stereocenters. The van der Waals surface area contributed by atoms with E-state index in [1.54, 1.807) is 0 Å². The summed E-state index contributed by atoms with van der Waals surface area (Å²) < 4.78 is 5.43. The first-order chi connectivity index (χ1) is 8.19. The highest BCUT2D eigenvalue weighted by Gasteiger charge is 2.36. The van der Waals surface area contributed by atoms with Crippen molar-refractivity contribution in [2.45, 2.75) is 45.6 Å². The SMILES string of the molecule is CCC1(CC)CCN(CC(N)C2CCOC2)C1. The third kappa shape index (κ3) is 3.01. The van der Waals surface area contributed by atoms with Gasteiger partial charge in [0.1, 0.15) is 0 Å². The van der Waals surface area contributed by atoms with Gasteiger partial charge in [-0.3, -0.25) is 0 Å². The fraction of sp³-hybridized carbons (Fsp3) is 1.00. The number of likely N-dealkylation sites (tertiary alicyclic amines) is 1. The maximum Gasteiger partial charge on any atom is 0.0510 e. The molecule has 2 fully saturated rings. The number of nitrogens with zero attached hydrogens (tertiary/aromatic N) is 1. The van der Waals surface area contributed by atoms with Crippen LogP contribution in [0.4, 0.5) is 0 Å². The van der Waals surface area contributed by atoms with Crippen molar-refractivity contribution in [2.75, 3.05) is 32.8 Å². The summed E-state index contributed by atoms with van der Waals surface area (Å²) in [6, 6.07) is 0.307. The summed E-state index contributed by atoms with van der Waals surface area (Å²) in [7, 11) is 0. The summed E-state index contributed by atoms with van der Waals surface area (Å²) in [6.45, 7) is 10.0. The van der Waals surface area contributed by atoms with Crippen LogP contribution in [0.2, 0.25) is 0 Å². The third-order valence-electron chi connectivity index (χ3n) is 5.06. The summed E-state index contributed by atoms with van der Waals surface area (Å²) >= 11 is 0. The van der Waals surface area contributed by atoms with Gasteiger partial charge in [0.05, 0.1) is 6.61 Å². The Balaban J connectivity index is 1.80. The van der Waals surface area contributed by atoms with Crippen LogP contribution in [0.1, 0.15) is 39.5 Å². The van der Waals surface area contributed by atoms with E-state index < -0.39 is 0 Å². The number of hydrogen-bond donors (Lipinski definition) is 1. The van der Waals surface area contributed by atoms with Crippen molar-refractivity contribution in [2.24, 2.45) is 17.1 Å². The lowest BCUT2D eigenvalue weighted by Crippen LogP contribution is -2.42. The smallest absolute Gasteiger partial charge is 0.0510 e. The number of ether oxygens (including phenoxy) is 1. The molecule has 3 nitrogen and oxygen atoms in total. The van der Waals surface area contributed by atoms with Crippen molar-refractivity contribution in [3.05, 3.63) is 0 Å². The van der Waals surface area contributed by atoms with Crippen LogP contribution in [0.3, 0.4) is 0 Å². The lowest BCUT2D eigenvalue weighted by atomic mass is 9.82. The van der Waals surface area contributed by atoms with Crippen LogP contribution in [-0.4, -0.2) is 43.8 Å². The maximum atomic E-state index is 6.31. The van der Waals surface area contributed by atoms with Gasteiger partial charge in [-0.05, 0) is 37.6 Å². The molecule has 2 aliphatic rings. The molecule has 0 aliphatic carbocycles. The molecular weight excluding hydrogens is 212 g/mol. The molecule has 0 bridgehead atoms. The molecule has 2 N–H and O–H groups in total. The Morgan fingerprint density at radius 1 is 1.41 bits per heavy atom. The van der Waals surface area contributed by atoms with Gasteiger partial charge in [-0.1, -0.05) is 13.8 Å². The number of rotatable bonds is 5. The molecule has 3 heteroatoms. The van der Waals surface area contributed by atoms with Crippen molar-refractivity contribution < 1.29 is 4.74 Å². The minimum atomic E-state index is 0.307. The standard InChI is InChI=1S/C14H28N2O/c1-3-14(4-2)6-7-16(11-14)9-13(15)12-5-8-17-10-12/h12-13H,3-11,15H2,1-2H3. The lowest BCUT2D eigenvalue weighted by Gasteiger charge is -2.28. The summed E-state index contributed by atoms with van der Waals surface area (Å²) in [6.07, 6.45) is 5.12. The average Bonchev–Trinajstić information content (AvgIpc) is 2.98. The average molecular weight is 240 g/mol. The fourth-order valence-electron chi connectivity index (χ4n) is 3.35. The second-order valence-corrected chi connectivity index (χ2v) is 5.98. The third-order valence-corrected chi connectivity index (χ3v) is 5.06. The normalized spacial score (nSPS) is 30.9. The van der Waals surface area contributed by atoms with Crippen LogP contribution < -0.4 is 5.73 Å². The van der Waals surface area contributed by atoms with Gasteiger partial charge < -0.3 is 15.4 Å². The maximum absolute atomic E-state index is 6.31. The van der Waals surface area contributed by atoms with Crippen LogP contribution in [-0.2, 0) is 4.74 Å². The molecule has 0 spiro atoms. The first-order valence-corrected chi connectivity index (χ1v) is 7.25. The Labute approximate surface area is 106 Å². The Morgan fingerprint density at radius 3 is 2.71 bits per heavy atom. The Hall–Kier alpha value is -0.120. The Morgan fingerprint density at radius 2 is 2.18 bits per heavy atom. The van der Waals surface area contributed by atoms with Crippen molar-refractivity contribution >= 4 is 0 Å². The van der Waals surface area contributed by atoms with Gasteiger partial charge in [0.25, 0.3) is 0 Å². The lowest BCUT2D eigenvalue weighted by molar-refractivity contribution is 0.170. The minimum Gasteiger partial charge on any atom is -0.381 e. The zero-order valence-corrected chi connectivity index (χ0v) is 11.5. The summed E-state index contributed by atoms with van der Waals surface area (Å²) in [5.41, 5.74) is 6.88. The summed E-state index contributed by atoms with van der Waals surface area (Å²) in [5.74, 6) is 0.591. The fourth-order valence-corrected chi connectivity index (χ4v) is 3.35. The molecular formula is C14H28N2O. The first kappa shape index (κ1) is 13.3. The van der Waals surface area contributed by atoms with E-state index in [1.165, 1.54) is 32.4 Å². The van der Waals surface area contributed by atoms with Gasteiger partial charge in [0, 0.05) is 31.7 Å². The zero-order valence-electron chi connectivity index (χ0n) is 11.5. The van der Waals surface area contributed by atoms with E-state index in [1.807, 2.05) is 0 Å². The quantitative estimate of drug-likeness (QED) is 0.797. The number of nitrogens with two attached hydrogens (primary N) is 1. The topological polar surface area (TPSA) is 38.5 Å². The molecule has 0 radical (unpaired) electrons. The second-order valence-electron chi connectivity index (χ2n) is 5.98. The van der Waals surface area contributed by atoms with Gasteiger partial charge in [0.2, 0.25) is 0 Å². The summed E-state index contributed by atoms with van der Waals surface area (Å²) in [4.78, 5) is 2.58. The molecule has 0 aromatic carbocycles. The largest absolute Gasteiger partial charge is 0.381 e. The van der Waals surface area contributed by atoms with Crippen LogP contribution in [0, 0.1) is 11.3 Å². The van der Waals surface area contributed by atoms with Gasteiger partial charge in [0.15, 0.2) is 0 Å². The van der Waals surface area contributed by atoms with Crippen LogP contribution >= 0.6 is 0 Å². The van der Waals surface area contributed by atoms with Crippen molar-refractivity contribution in [3.8, 4) is 0 Å². The molecule has 100 valence electrons. The summed E-state index contributed by atoms with van der Waals surface area (Å²) in [5, 5.41) is 0. The highest BCUT2D eigenvalue weighted by atomic mass is 16.5. The molecule has 0 amide bonds. The second kappa shape index (κ2) is 5.68. The van der Waals surface area contributed by atoms with Gasteiger partial charge >= 0.3 is 0 Å². The molecule has 0 saturated carbocycles. The molecule has 2 heterocycles. The predicted octanol–water partition coefficient (Wildman–Crippen LogP) is 1.86. The minimum absolute atomic E-state index is 0.307. The van der Waals surface area contributed by atoms with E-state index in [0.717, 1.165) is 26.2 Å². The Bertz CT molecular complexity index is 234. The van der Waals surface area contributed by atoms with E-state index in [0.29, 0.717) is 17.4 Å². The number of hydrogen-bond acceptors (Lipinski definition) is 3. The van der Waals surface area contributed by atoms with Crippen molar-refractivity contribution in [1.82, 2.24) is 4.90 Å². The zero-order chi connectivity index (χ0) is 12.3. The molecule has 2 unspecified atom stereocenters. The molecule has 2 saturated heterocycles. The van der Waals surface area contributed by atoms with Gasteiger partial charge in [-0.15, -0.1) is 0 Å². The molecule has 2 aliphatic heterocycles. The highest BCUT2D eigenvalue weighted by molar-refractivity contribution is 4.90. The van der Waals surface area contributed by atoms with Gasteiger partial charge in [-0.25, -0.2) is 0 Å². The molecule has 17 heavy (non-hydrogen) atoms.